The predicted octanol–water partition coefficient (Wildman–Crippen LogP) is 2.90. The third-order valence-electron chi connectivity index (χ3n) is 4.30. The van der Waals surface area contributed by atoms with Crippen LogP contribution in [-0.4, -0.2) is 9.97 Å². The number of oxazole rings is 1. The first-order valence-corrected chi connectivity index (χ1v) is 7.86. The van der Waals surface area contributed by atoms with Crippen molar-refractivity contribution in [2.24, 2.45) is 0 Å². The van der Waals surface area contributed by atoms with Crippen LogP contribution in [-0.2, 0) is 32.1 Å². The largest absolute Gasteiger partial charge is 0.445 e. The van der Waals surface area contributed by atoms with Gasteiger partial charge in [-0.15, -0.1) is 0 Å². The molecule has 0 atom stereocenters. The van der Waals surface area contributed by atoms with Gasteiger partial charge in [0.05, 0.1) is 5.69 Å². The fraction of sp³-hybridized carbons (Fsp3) is 0.529. The molecule has 0 amide bonds. The molecule has 112 valence electrons. The first-order valence-electron chi connectivity index (χ1n) is 7.86. The van der Waals surface area contributed by atoms with E-state index in [0.29, 0.717) is 12.8 Å². The van der Waals surface area contributed by atoms with E-state index in [4.69, 9.17) is 4.42 Å². The molecule has 4 nitrogen and oxygen atoms in total. The minimum atomic E-state index is 0.0148. The van der Waals surface area contributed by atoms with Crippen LogP contribution in [0.1, 0.15) is 53.9 Å². The van der Waals surface area contributed by atoms with E-state index in [-0.39, 0.29) is 5.56 Å². The molecule has 0 saturated heterocycles. The van der Waals surface area contributed by atoms with E-state index < -0.39 is 0 Å². The first-order chi connectivity index (χ1) is 10.2. The summed E-state index contributed by atoms with van der Waals surface area (Å²) in [5, 5.41) is 0. The zero-order valence-electron chi connectivity index (χ0n) is 12.8. The molecule has 1 aliphatic rings. The fourth-order valence-corrected chi connectivity index (χ4v) is 3.02. The standard InChI is InChI=1S/C17H22N2O2/c1-3-12-10-13(17(20)18-11(12)2)8-9-16-19-14-6-4-5-7-15(14)21-16/h10H,3-9H2,1-2H3,(H,18,20). The number of hydrogen-bond acceptors (Lipinski definition) is 3. The lowest BCUT2D eigenvalue weighted by Crippen LogP contribution is -2.16. The molecule has 0 aromatic carbocycles. The summed E-state index contributed by atoms with van der Waals surface area (Å²) >= 11 is 0. The Hall–Kier alpha value is -1.84. The molecule has 2 aromatic heterocycles. The van der Waals surface area contributed by atoms with Crippen LogP contribution in [0.25, 0.3) is 0 Å². The number of rotatable bonds is 4. The van der Waals surface area contributed by atoms with Gasteiger partial charge in [0, 0.05) is 24.1 Å². The summed E-state index contributed by atoms with van der Waals surface area (Å²) in [6.45, 7) is 4.05. The summed E-state index contributed by atoms with van der Waals surface area (Å²) in [5.41, 5.74) is 4.15. The van der Waals surface area contributed by atoms with Crippen molar-refractivity contribution in [1.82, 2.24) is 9.97 Å². The van der Waals surface area contributed by atoms with Gasteiger partial charge < -0.3 is 9.40 Å². The van der Waals surface area contributed by atoms with Crippen molar-refractivity contribution in [1.29, 1.82) is 0 Å². The van der Waals surface area contributed by atoms with Gasteiger partial charge in [0.1, 0.15) is 5.76 Å². The number of aryl methyl sites for hydroxylation is 6. The average Bonchev–Trinajstić information content (AvgIpc) is 2.89. The highest BCUT2D eigenvalue weighted by atomic mass is 16.4. The topological polar surface area (TPSA) is 58.9 Å². The zero-order chi connectivity index (χ0) is 14.8. The number of nitrogens with one attached hydrogen (secondary N) is 1. The van der Waals surface area contributed by atoms with Crippen molar-refractivity contribution in [3.05, 3.63) is 50.6 Å². The number of aromatic nitrogens is 2. The van der Waals surface area contributed by atoms with Crippen LogP contribution >= 0.6 is 0 Å². The second-order valence-corrected chi connectivity index (χ2v) is 5.81. The van der Waals surface area contributed by atoms with Crippen molar-refractivity contribution < 1.29 is 4.42 Å². The SMILES string of the molecule is CCc1cc(CCc2nc3c(o2)CCCC3)c(=O)[nH]c1C. The van der Waals surface area contributed by atoms with Crippen molar-refractivity contribution in [2.45, 2.75) is 58.8 Å². The van der Waals surface area contributed by atoms with Gasteiger partial charge in [-0.05, 0) is 50.7 Å². The van der Waals surface area contributed by atoms with E-state index in [2.05, 4.69) is 16.9 Å². The Bertz CT molecular complexity index is 674. The first kappa shape index (κ1) is 14.1. The maximum Gasteiger partial charge on any atom is 0.251 e. The van der Waals surface area contributed by atoms with E-state index in [1.807, 2.05) is 13.0 Å². The van der Waals surface area contributed by atoms with Gasteiger partial charge in [-0.3, -0.25) is 4.79 Å². The summed E-state index contributed by atoms with van der Waals surface area (Å²) in [6, 6.07) is 2.02. The van der Waals surface area contributed by atoms with Crippen molar-refractivity contribution in [3.63, 3.8) is 0 Å². The van der Waals surface area contributed by atoms with Crippen molar-refractivity contribution in [3.8, 4) is 0 Å². The maximum absolute atomic E-state index is 12.0. The molecule has 0 unspecified atom stereocenters. The van der Waals surface area contributed by atoms with Crippen LogP contribution < -0.4 is 5.56 Å². The minimum absolute atomic E-state index is 0.0148. The second kappa shape index (κ2) is 5.88. The van der Waals surface area contributed by atoms with Gasteiger partial charge >= 0.3 is 0 Å². The molecule has 0 radical (unpaired) electrons. The number of hydrogen-bond donors (Lipinski definition) is 1. The Morgan fingerprint density at radius 3 is 2.81 bits per heavy atom. The number of aromatic amines is 1. The van der Waals surface area contributed by atoms with E-state index in [1.54, 1.807) is 0 Å². The fourth-order valence-electron chi connectivity index (χ4n) is 3.02. The third kappa shape index (κ3) is 2.94. The van der Waals surface area contributed by atoms with Crippen molar-refractivity contribution >= 4 is 0 Å². The Kier molecular flexibility index (Phi) is 3.95. The lowest BCUT2D eigenvalue weighted by atomic mass is 10.0. The summed E-state index contributed by atoms with van der Waals surface area (Å²) in [6.07, 6.45) is 6.75. The van der Waals surface area contributed by atoms with Crippen LogP contribution in [0.2, 0.25) is 0 Å². The molecule has 3 rings (SSSR count). The maximum atomic E-state index is 12.0. The molecule has 0 bridgehead atoms. The van der Waals surface area contributed by atoms with Crippen LogP contribution in [0.15, 0.2) is 15.3 Å². The van der Waals surface area contributed by atoms with Gasteiger partial charge in [0.15, 0.2) is 5.89 Å². The highest BCUT2D eigenvalue weighted by molar-refractivity contribution is 5.25. The lowest BCUT2D eigenvalue weighted by Gasteiger charge is -2.05. The minimum Gasteiger partial charge on any atom is -0.445 e. The van der Waals surface area contributed by atoms with Crippen LogP contribution in [0.3, 0.4) is 0 Å². The average molecular weight is 286 g/mol. The smallest absolute Gasteiger partial charge is 0.251 e. The molecule has 0 saturated carbocycles. The Morgan fingerprint density at radius 2 is 2.05 bits per heavy atom. The zero-order valence-corrected chi connectivity index (χ0v) is 12.8. The Balaban J connectivity index is 1.75. The summed E-state index contributed by atoms with van der Waals surface area (Å²) in [4.78, 5) is 19.5. The molecular formula is C17H22N2O2. The summed E-state index contributed by atoms with van der Waals surface area (Å²) in [5.74, 6) is 1.84. The number of pyridine rings is 1. The quantitative estimate of drug-likeness (QED) is 0.940. The Labute approximate surface area is 124 Å². The van der Waals surface area contributed by atoms with Crippen LogP contribution in [0, 0.1) is 6.92 Å². The van der Waals surface area contributed by atoms with Gasteiger partial charge in [0.2, 0.25) is 0 Å². The molecule has 4 heteroatoms. The lowest BCUT2D eigenvalue weighted by molar-refractivity contribution is 0.438. The molecule has 0 fully saturated rings. The van der Waals surface area contributed by atoms with Gasteiger partial charge in [-0.25, -0.2) is 4.98 Å². The molecule has 0 spiro atoms. The second-order valence-electron chi connectivity index (χ2n) is 5.81. The van der Waals surface area contributed by atoms with Crippen LogP contribution in [0.5, 0.6) is 0 Å². The molecule has 21 heavy (non-hydrogen) atoms. The Morgan fingerprint density at radius 1 is 1.24 bits per heavy atom. The monoisotopic (exact) mass is 286 g/mol. The van der Waals surface area contributed by atoms with Crippen LogP contribution in [0.4, 0.5) is 0 Å². The molecule has 2 aromatic rings. The normalized spacial score (nSPS) is 14.2. The molecule has 1 aliphatic carbocycles. The molecule has 1 N–H and O–H groups in total. The predicted molar refractivity (Wildman–Crippen MR) is 81.7 cm³/mol. The number of fused-ring (bicyclic) bond motifs is 1. The van der Waals surface area contributed by atoms with E-state index in [0.717, 1.165) is 47.9 Å². The number of H-pyrrole nitrogens is 1. The third-order valence-corrected chi connectivity index (χ3v) is 4.30. The van der Waals surface area contributed by atoms with E-state index in [9.17, 15) is 4.79 Å². The van der Waals surface area contributed by atoms with Gasteiger partial charge in [-0.2, -0.15) is 0 Å². The van der Waals surface area contributed by atoms with E-state index >= 15 is 0 Å². The highest BCUT2D eigenvalue weighted by Crippen LogP contribution is 2.22. The summed E-state index contributed by atoms with van der Waals surface area (Å²) in [7, 11) is 0. The highest BCUT2D eigenvalue weighted by Gasteiger charge is 2.17. The molecule has 0 aliphatic heterocycles. The summed E-state index contributed by atoms with van der Waals surface area (Å²) < 4.78 is 5.82. The molecule has 2 heterocycles. The number of nitrogens with zero attached hydrogens (tertiary/aromatic N) is 1. The van der Waals surface area contributed by atoms with E-state index in [1.165, 1.54) is 18.4 Å². The molecular weight excluding hydrogens is 264 g/mol. The van der Waals surface area contributed by atoms with Gasteiger partial charge in [-0.1, -0.05) is 6.92 Å². The van der Waals surface area contributed by atoms with Gasteiger partial charge in [0.25, 0.3) is 5.56 Å². The van der Waals surface area contributed by atoms with Crippen molar-refractivity contribution in [2.75, 3.05) is 0 Å².